The molecule has 13 nitrogen and oxygen atoms in total. The van der Waals surface area contributed by atoms with Crippen LogP contribution in [0.4, 0.5) is 0 Å². The maximum atomic E-state index is 15.4. The number of imidazole rings is 1. The molecule has 1 aliphatic heterocycles. The smallest absolute Gasteiger partial charge is 0.190 e. The summed E-state index contributed by atoms with van der Waals surface area (Å²) in [4.78, 5) is 25.0. The summed E-state index contributed by atoms with van der Waals surface area (Å²) in [6.45, 7) is 8.95. The molecule has 12 rings (SSSR count). The fourth-order valence-corrected chi connectivity index (χ4v) is 24.0. The second kappa shape index (κ2) is 18.7. The van der Waals surface area contributed by atoms with Gasteiger partial charge in [-0.15, -0.1) is 0 Å². The highest BCUT2D eigenvalue weighted by molar-refractivity contribution is 8.76. The third-order valence-corrected chi connectivity index (χ3v) is 25.7. The zero-order valence-electron chi connectivity index (χ0n) is 44.1. The molecule has 4 bridgehead atoms. The number of fused-ring (bicyclic) bond motifs is 10. The first-order valence-corrected chi connectivity index (χ1v) is 31.2. The Balaban J connectivity index is 1.10. The summed E-state index contributed by atoms with van der Waals surface area (Å²) in [6, 6.07) is 0.139. The predicted octanol–water partition coefficient (Wildman–Crippen LogP) is 6.56. The van der Waals surface area contributed by atoms with Gasteiger partial charge in [0.15, 0.2) is 11.7 Å². The van der Waals surface area contributed by atoms with Crippen molar-refractivity contribution >= 4 is 33.3 Å². The minimum atomic E-state index is -1.63. The maximum absolute atomic E-state index is 15.4. The number of carbonyl (C=O) groups is 1. The van der Waals surface area contributed by atoms with Crippen LogP contribution in [0.1, 0.15) is 130 Å². The van der Waals surface area contributed by atoms with Gasteiger partial charge >= 0.3 is 0 Å². The number of aromatic nitrogens is 2. The van der Waals surface area contributed by atoms with Gasteiger partial charge in [-0.05, 0) is 167 Å². The SMILES string of the molecule is CNCC1C(O)C(O)CC2(C)C1C(=O)C=C1C2C(CN=C(N)NC(C)O)C2CCC3C4CCCC5=C4C4C(=C6CCCC7(CCCC7)C56)C(C)(C)CC(n5ccnc5)CSSCC5CC(C3C4O)C2(CO)C15O. The molecule has 20 unspecified atom stereocenters. The second-order valence-electron chi connectivity index (χ2n) is 26.6. The molecule has 402 valence electrons. The van der Waals surface area contributed by atoms with Crippen LogP contribution in [-0.4, -0.2) is 120 Å². The molecule has 15 heteroatoms. The average Bonchev–Trinajstić information content (AvgIpc) is 4.13. The number of nitrogens with two attached hydrogens (primary N) is 1. The first-order chi connectivity index (χ1) is 35.0. The first-order valence-electron chi connectivity index (χ1n) is 28.7. The summed E-state index contributed by atoms with van der Waals surface area (Å²) in [6.07, 6.45) is 19.2. The van der Waals surface area contributed by atoms with E-state index in [0.717, 1.165) is 44.3 Å². The molecule has 2 heterocycles. The lowest BCUT2D eigenvalue weighted by Crippen LogP contribution is -2.71. The Morgan fingerprint density at radius 1 is 0.959 bits per heavy atom. The Hall–Kier alpha value is -2.21. The molecule has 8 fully saturated rings. The van der Waals surface area contributed by atoms with Crippen molar-refractivity contribution in [2.75, 3.05) is 38.2 Å². The number of allylic oxidation sites excluding steroid dienone is 3. The van der Waals surface area contributed by atoms with Gasteiger partial charge in [0.05, 0.1) is 36.8 Å². The standard InChI is InChI=1S/C58H86N6O7S2/c1-30(66)63-53(59)62-25-37-39-14-13-34-33-10-8-11-35-44(33)46-50(36-12-9-17-56(47(35)36)15-6-7-16-56)54(2,3)22-32(64-19-18-61-29-64)27-73-72-26-31-20-40(45(34)52(46)70)57(39,28-65)58(31,71)41-21-42(67)49-38(24-60-5)51(69)43(68)23-55(49,4)48(37)41/h18-19,21,29-34,37-40,43,45-49,51-52,60,65-66,68-71H,6-17,20,22-28H2,1-5H3,(H3,59,62,63). The van der Waals surface area contributed by atoms with Crippen LogP contribution in [0, 0.1) is 92.7 Å². The molecule has 1 aromatic rings. The number of aliphatic hydroxyl groups is 6. The molecule has 7 saturated carbocycles. The molecule has 73 heavy (non-hydrogen) atoms. The van der Waals surface area contributed by atoms with Crippen molar-refractivity contribution in [3.8, 4) is 0 Å². The van der Waals surface area contributed by atoms with Crippen molar-refractivity contribution in [2.45, 2.75) is 160 Å². The van der Waals surface area contributed by atoms with E-state index in [4.69, 9.17) is 10.7 Å². The number of hydrogen-bond acceptors (Lipinski definition) is 12. The van der Waals surface area contributed by atoms with Crippen molar-refractivity contribution in [2.24, 2.45) is 103 Å². The maximum Gasteiger partial charge on any atom is 0.190 e. The number of guanidine groups is 1. The number of nitrogens with one attached hydrogen (secondary N) is 2. The van der Waals surface area contributed by atoms with Crippen LogP contribution in [0.3, 0.4) is 0 Å². The van der Waals surface area contributed by atoms with Gasteiger partial charge in [0.2, 0.25) is 0 Å². The third kappa shape index (κ3) is 7.36. The number of aliphatic hydroxyl groups excluding tert-OH is 5. The number of nitrogens with zero attached hydrogens (tertiary/aromatic N) is 3. The number of carbonyl (C=O) groups excluding carboxylic acids is 1. The van der Waals surface area contributed by atoms with Crippen LogP contribution in [-0.2, 0) is 4.79 Å². The zero-order valence-corrected chi connectivity index (χ0v) is 45.7. The van der Waals surface area contributed by atoms with Crippen molar-refractivity contribution < 1.29 is 35.4 Å². The highest BCUT2D eigenvalue weighted by Crippen LogP contribution is 2.78. The zero-order chi connectivity index (χ0) is 51.1. The van der Waals surface area contributed by atoms with Crippen LogP contribution in [0.2, 0.25) is 0 Å². The molecule has 0 amide bonds. The van der Waals surface area contributed by atoms with Gasteiger partial charge in [-0.1, -0.05) is 77.5 Å². The number of aliphatic imine (C=N–C) groups is 1. The Kier molecular flexibility index (Phi) is 13.2. The monoisotopic (exact) mass is 1040 g/mol. The molecule has 0 aromatic carbocycles. The number of hydrogen-bond donors (Lipinski definition) is 9. The molecule has 10 aliphatic carbocycles. The molecular formula is C58H86N6O7S2. The van der Waals surface area contributed by atoms with E-state index in [2.05, 4.69) is 47.2 Å². The molecule has 1 spiro atoms. The van der Waals surface area contributed by atoms with Gasteiger partial charge in [0.25, 0.3) is 0 Å². The molecule has 1 aromatic heterocycles. The van der Waals surface area contributed by atoms with Crippen LogP contribution >= 0.6 is 21.6 Å². The summed E-state index contributed by atoms with van der Waals surface area (Å²) >= 11 is 0. The summed E-state index contributed by atoms with van der Waals surface area (Å²) < 4.78 is 2.30. The van der Waals surface area contributed by atoms with Crippen molar-refractivity contribution in [1.82, 2.24) is 20.2 Å². The van der Waals surface area contributed by atoms with Gasteiger partial charge in [0, 0.05) is 78.0 Å². The van der Waals surface area contributed by atoms with E-state index < -0.39 is 58.7 Å². The summed E-state index contributed by atoms with van der Waals surface area (Å²) in [5.74, 6) is -1.04. The van der Waals surface area contributed by atoms with Gasteiger partial charge in [-0.2, -0.15) is 0 Å². The van der Waals surface area contributed by atoms with Crippen LogP contribution in [0.5, 0.6) is 0 Å². The van der Waals surface area contributed by atoms with E-state index in [1.165, 1.54) is 44.1 Å². The summed E-state index contributed by atoms with van der Waals surface area (Å²) in [5, 5.41) is 82.3. The fraction of sp³-hybridized carbons (Fsp3) is 0.810. The molecule has 0 radical (unpaired) electrons. The Morgan fingerprint density at radius 3 is 2.44 bits per heavy atom. The molecule has 11 aliphatic rings. The number of rotatable bonds is 7. The lowest BCUT2D eigenvalue weighted by atomic mass is 9.38. The number of ketones is 1. The van der Waals surface area contributed by atoms with E-state index in [1.807, 2.05) is 30.4 Å². The highest BCUT2D eigenvalue weighted by Gasteiger charge is 2.79. The van der Waals surface area contributed by atoms with Crippen LogP contribution in [0.25, 0.3) is 0 Å². The first kappa shape index (κ1) is 51.5. The van der Waals surface area contributed by atoms with Crippen molar-refractivity contribution in [1.29, 1.82) is 0 Å². The van der Waals surface area contributed by atoms with Gasteiger partial charge in [0.1, 0.15) is 6.23 Å². The second-order valence-corrected chi connectivity index (χ2v) is 29.2. The van der Waals surface area contributed by atoms with E-state index in [-0.39, 0.29) is 95.5 Å². The highest BCUT2D eigenvalue weighted by atomic mass is 33.1. The predicted molar refractivity (Wildman–Crippen MR) is 286 cm³/mol. The van der Waals surface area contributed by atoms with Gasteiger partial charge in [-0.25, -0.2) is 4.98 Å². The minimum Gasteiger partial charge on any atom is -0.396 e. The summed E-state index contributed by atoms with van der Waals surface area (Å²) in [5.41, 5.74) is 10.0. The van der Waals surface area contributed by atoms with Gasteiger partial charge < -0.3 is 51.6 Å². The third-order valence-electron chi connectivity index (χ3n) is 23.2. The Morgan fingerprint density at radius 2 is 1.71 bits per heavy atom. The molecular weight excluding hydrogens is 957 g/mol. The Labute approximate surface area is 441 Å². The summed E-state index contributed by atoms with van der Waals surface area (Å²) in [7, 11) is 5.47. The molecule has 10 N–H and O–H groups in total. The largest absolute Gasteiger partial charge is 0.396 e. The van der Waals surface area contributed by atoms with E-state index in [9.17, 15) is 30.6 Å². The average molecular weight is 1040 g/mol. The van der Waals surface area contributed by atoms with E-state index >= 15 is 4.79 Å². The lowest BCUT2D eigenvalue weighted by Gasteiger charge is -2.67. The lowest BCUT2D eigenvalue weighted by molar-refractivity contribution is -0.215. The van der Waals surface area contributed by atoms with Crippen molar-refractivity contribution in [3.63, 3.8) is 0 Å². The molecule has 1 saturated heterocycles. The minimum absolute atomic E-state index is 0.0992. The fourth-order valence-electron chi connectivity index (χ4n) is 21.3. The van der Waals surface area contributed by atoms with Crippen LogP contribution < -0.4 is 16.4 Å². The van der Waals surface area contributed by atoms with Crippen LogP contribution in [0.15, 0.2) is 57.7 Å². The van der Waals surface area contributed by atoms with Crippen molar-refractivity contribution in [3.05, 3.63) is 52.7 Å². The normalized spacial score (nSPS) is 47.0. The van der Waals surface area contributed by atoms with E-state index in [0.29, 0.717) is 36.6 Å². The Bertz CT molecular complexity index is 2440. The van der Waals surface area contributed by atoms with E-state index in [1.54, 1.807) is 40.5 Å². The molecule has 20 atom stereocenters. The van der Waals surface area contributed by atoms with Gasteiger partial charge in [-0.3, -0.25) is 9.79 Å². The topological polar surface area (TPSA) is 219 Å². The quantitative estimate of drug-likeness (QED) is 0.0465.